The molecule has 1 fully saturated rings. The van der Waals surface area contributed by atoms with Gasteiger partial charge in [0, 0.05) is 48.0 Å². The molecule has 1 aromatic carbocycles. The van der Waals surface area contributed by atoms with Crippen molar-refractivity contribution < 1.29 is 14.3 Å². The second-order valence-corrected chi connectivity index (χ2v) is 9.33. The van der Waals surface area contributed by atoms with Crippen LogP contribution in [0, 0.1) is 5.41 Å². The number of hydrogen-bond donors (Lipinski definition) is 4. The Hall–Kier alpha value is -3.28. The third-order valence-electron chi connectivity index (χ3n) is 5.92. The number of anilines is 3. The topological polar surface area (TPSA) is 152 Å². The van der Waals surface area contributed by atoms with Crippen LogP contribution in [-0.2, 0) is 22.4 Å². The second-order valence-electron chi connectivity index (χ2n) is 8.25. The van der Waals surface area contributed by atoms with E-state index in [9.17, 15) is 4.79 Å². The molecule has 0 spiro atoms. The van der Waals surface area contributed by atoms with Crippen molar-refractivity contribution >= 4 is 51.4 Å². The maximum absolute atomic E-state index is 10.0. The van der Waals surface area contributed by atoms with E-state index in [1.165, 1.54) is 29.5 Å². The summed E-state index contributed by atoms with van der Waals surface area (Å²) in [6, 6.07) is 3.53. The van der Waals surface area contributed by atoms with Gasteiger partial charge in [0.15, 0.2) is 0 Å². The lowest BCUT2D eigenvalue weighted by Gasteiger charge is -2.21. The molecule has 3 aromatic rings. The van der Waals surface area contributed by atoms with Gasteiger partial charge in [-0.25, -0.2) is 9.97 Å². The minimum Gasteiger partial charge on any atom is -0.490 e. The molecule has 3 heterocycles. The number of aryl methyl sites for hydroxylation is 2. The Morgan fingerprint density at radius 2 is 2.03 bits per heavy atom. The molecule has 6 N–H and O–H groups in total. The predicted molar refractivity (Wildman–Crippen MR) is 139 cm³/mol. The van der Waals surface area contributed by atoms with E-state index in [1.54, 1.807) is 34.7 Å². The first-order valence-electron chi connectivity index (χ1n) is 11.7. The molecule has 0 unspecified atom stereocenters. The van der Waals surface area contributed by atoms with E-state index in [0.717, 1.165) is 48.4 Å². The molecule has 1 saturated heterocycles. The number of nitrogen functional groups attached to an aromatic ring is 1. The van der Waals surface area contributed by atoms with Crippen LogP contribution >= 0.6 is 11.3 Å². The SMILES string of the molecule is N=Cc1cc(Nc2ncnc3sc4c(c23)CCCC4)c(OCCN)cc1N.O=CN1CCOCC1. The Bertz CT molecular complexity index is 1180. The molecular formula is C24H31N7O3S. The van der Waals surface area contributed by atoms with Crippen molar-refractivity contribution in [3.63, 3.8) is 0 Å². The van der Waals surface area contributed by atoms with Crippen LogP contribution in [0.3, 0.4) is 0 Å². The highest BCUT2D eigenvalue weighted by Gasteiger charge is 2.21. The van der Waals surface area contributed by atoms with Crippen molar-refractivity contribution in [2.75, 3.05) is 50.5 Å². The first kappa shape index (κ1) is 24.8. The number of hydrogen-bond acceptors (Lipinski definition) is 10. The Labute approximate surface area is 208 Å². The fourth-order valence-corrected chi connectivity index (χ4v) is 5.35. The smallest absolute Gasteiger partial charge is 0.209 e. The van der Waals surface area contributed by atoms with Gasteiger partial charge in [0.2, 0.25) is 6.41 Å². The summed E-state index contributed by atoms with van der Waals surface area (Å²) < 4.78 is 10.8. The fraction of sp³-hybridized carbons (Fsp3) is 0.417. The number of aromatic nitrogens is 2. The molecule has 0 saturated carbocycles. The average molecular weight is 498 g/mol. The lowest BCUT2D eigenvalue weighted by Crippen LogP contribution is -2.34. The van der Waals surface area contributed by atoms with Crippen molar-refractivity contribution in [2.24, 2.45) is 5.73 Å². The first-order chi connectivity index (χ1) is 17.1. The van der Waals surface area contributed by atoms with Gasteiger partial charge in [-0.05, 0) is 37.3 Å². The van der Waals surface area contributed by atoms with Crippen molar-refractivity contribution in [3.05, 3.63) is 34.5 Å². The minimum absolute atomic E-state index is 0.380. The highest BCUT2D eigenvalue weighted by atomic mass is 32.1. The van der Waals surface area contributed by atoms with Crippen LogP contribution < -0.4 is 21.5 Å². The number of carbonyl (C=O) groups is 1. The second kappa shape index (κ2) is 11.9. The number of rotatable bonds is 7. The number of carbonyl (C=O) groups excluding carboxylic acids is 1. The van der Waals surface area contributed by atoms with E-state index in [1.807, 2.05) is 0 Å². The number of fused-ring (bicyclic) bond motifs is 3. The molecule has 1 aliphatic heterocycles. The number of nitrogens with two attached hydrogens (primary N) is 2. The highest BCUT2D eigenvalue weighted by Crippen LogP contribution is 2.40. The average Bonchev–Trinajstić information content (AvgIpc) is 3.29. The van der Waals surface area contributed by atoms with Gasteiger partial charge in [-0.1, -0.05) is 0 Å². The maximum Gasteiger partial charge on any atom is 0.209 e. The summed E-state index contributed by atoms with van der Waals surface area (Å²) in [4.78, 5) is 23.1. The van der Waals surface area contributed by atoms with E-state index in [0.29, 0.717) is 49.1 Å². The van der Waals surface area contributed by atoms with Crippen molar-refractivity contribution in [2.45, 2.75) is 25.7 Å². The predicted octanol–water partition coefficient (Wildman–Crippen LogP) is 2.71. The summed E-state index contributed by atoms with van der Waals surface area (Å²) in [5.74, 6) is 1.36. The molecule has 1 aliphatic carbocycles. The quantitative estimate of drug-likeness (QED) is 0.221. The van der Waals surface area contributed by atoms with Crippen LogP contribution in [0.2, 0.25) is 0 Å². The molecule has 186 valence electrons. The third kappa shape index (κ3) is 5.87. The Kier molecular flexibility index (Phi) is 8.45. The van der Waals surface area contributed by atoms with E-state index in [2.05, 4.69) is 15.3 Å². The number of nitrogens with zero attached hydrogens (tertiary/aromatic N) is 3. The zero-order valence-corrected chi connectivity index (χ0v) is 20.4. The van der Waals surface area contributed by atoms with E-state index in [-0.39, 0.29) is 0 Å². The molecule has 0 radical (unpaired) electrons. The number of amides is 1. The summed E-state index contributed by atoms with van der Waals surface area (Å²) in [5, 5.41) is 12.1. The molecular weight excluding hydrogens is 466 g/mol. The lowest BCUT2D eigenvalue weighted by atomic mass is 9.97. The van der Waals surface area contributed by atoms with Crippen LogP contribution in [0.4, 0.5) is 17.2 Å². The summed E-state index contributed by atoms with van der Waals surface area (Å²) in [5.41, 5.74) is 14.8. The Morgan fingerprint density at radius 3 is 2.74 bits per heavy atom. The zero-order valence-electron chi connectivity index (χ0n) is 19.6. The summed E-state index contributed by atoms with van der Waals surface area (Å²) in [6.07, 6.45) is 8.27. The summed E-state index contributed by atoms with van der Waals surface area (Å²) >= 11 is 1.76. The van der Waals surface area contributed by atoms with Gasteiger partial charge in [0.05, 0.1) is 24.3 Å². The Balaban J connectivity index is 0.000000308. The molecule has 2 aromatic heterocycles. The van der Waals surface area contributed by atoms with Crippen LogP contribution in [-0.4, -0.2) is 66.9 Å². The maximum atomic E-state index is 10.0. The number of benzene rings is 1. The summed E-state index contributed by atoms with van der Waals surface area (Å²) in [6.45, 7) is 3.68. The molecule has 1 amide bonds. The van der Waals surface area contributed by atoms with E-state index < -0.39 is 0 Å². The largest absolute Gasteiger partial charge is 0.490 e. The fourth-order valence-electron chi connectivity index (χ4n) is 4.12. The molecule has 0 bridgehead atoms. The van der Waals surface area contributed by atoms with Crippen LogP contribution in [0.5, 0.6) is 5.75 Å². The van der Waals surface area contributed by atoms with Crippen LogP contribution in [0.15, 0.2) is 18.5 Å². The molecule has 0 atom stereocenters. The van der Waals surface area contributed by atoms with Crippen molar-refractivity contribution in [1.29, 1.82) is 5.41 Å². The number of ether oxygens (including phenoxy) is 2. The van der Waals surface area contributed by atoms with Crippen LogP contribution in [0.1, 0.15) is 28.8 Å². The Morgan fingerprint density at radius 1 is 1.23 bits per heavy atom. The standard InChI is InChI=1S/C19H22N6OS.C5H9NO2/c20-5-6-26-15-8-13(22)11(9-21)7-14(15)25-18-17-12-3-1-2-4-16(12)27-19(17)24-10-23-18;7-5-6-1-3-8-4-2-6/h7-10,21H,1-6,20,22H2,(H,23,24,25);5H,1-4H2. The van der Waals surface area contributed by atoms with Crippen molar-refractivity contribution in [1.82, 2.24) is 14.9 Å². The van der Waals surface area contributed by atoms with E-state index in [4.69, 9.17) is 26.4 Å². The molecule has 11 heteroatoms. The normalized spacial score (nSPS) is 15.1. The first-order valence-corrected chi connectivity index (χ1v) is 12.5. The van der Waals surface area contributed by atoms with Gasteiger partial charge >= 0.3 is 0 Å². The number of nitrogens with one attached hydrogen (secondary N) is 2. The molecule has 10 nitrogen and oxygen atoms in total. The molecule has 2 aliphatic rings. The minimum atomic E-state index is 0.380. The molecule has 5 rings (SSSR count). The number of thiophene rings is 1. The molecule has 35 heavy (non-hydrogen) atoms. The van der Waals surface area contributed by atoms with Gasteiger partial charge in [-0.3, -0.25) is 4.79 Å². The van der Waals surface area contributed by atoms with Gasteiger partial charge in [-0.2, -0.15) is 0 Å². The zero-order chi connectivity index (χ0) is 24.6. The van der Waals surface area contributed by atoms with Crippen molar-refractivity contribution in [3.8, 4) is 5.75 Å². The van der Waals surface area contributed by atoms with Gasteiger partial charge < -0.3 is 36.6 Å². The number of morpholine rings is 1. The van der Waals surface area contributed by atoms with E-state index >= 15 is 0 Å². The van der Waals surface area contributed by atoms with Crippen LogP contribution in [0.25, 0.3) is 10.2 Å². The third-order valence-corrected chi connectivity index (χ3v) is 7.12. The summed E-state index contributed by atoms with van der Waals surface area (Å²) in [7, 11) is 0. The van der Waals surface area contributed by atoms with Gasteiger partial charge in [0.25, 0.3) is 0 Å². The van der Waals surface area contributed by atoms with Gasteiger partial charge in [-0.15, -0.1) is 11.3 Å². The highest BCUT2D eigenvalue weighted by molar-refractivity contribution is 7.19. The lowest BCUT2D eigenvalue weighted by molar-refractivity contribution is -0.121. The van der Waals surface area contributed by atoms with Gasteiger partial charge in [0.1, 0.15) is 29.3 Å². The monoisotopic (exact) mass is 497 g/mol.